The number of aliphatic hydroxyl groups excluding tert-OH is 1. The zero-order chi connectivity index (χ0) is 11.5. The van der Waals surface area contributed by atoms with E-state index in [1.165, 1.54) is 7.11 Å². The maximum Gasteiger partial charge on any atom is 0.323 e. The summed E-state index contributed by atoms with van der Waals surface area (Å²) in [5.74, 6) is 0.844. The van der Waals surface area contributed by atoms with Gasteiger partial charge in [-0.05, 0) is 50.5 Å². The van der Waals surface area contributed by atoms with Gasteiger partial charge in [-0.3, -0.25) is 4.79 Å². The van der Waals surface area contributed by atoms with Crippen molar-refractivity contribution in [1.82, 2.24) is 5.32 Å². The van der Waals surface area contributed by atoms with E-state index in [2.05, 4.69) is 5.32 Å². The van der Waals surface area contributed by atoms with Crippen LogP contribution in [-0.4, -0.2) is 36.9 Å². The molecule has 2 fully saturated rings. The molecule has 1 heterocycles. The molecule has 1 unspecified atom stereocenters. The topological polar surface area (TPSA) is 58.6 Å². The summed E-state index contributed by atoms with van der Waals surface area (Å²) in [6.45, 7) is 0.906. The number of methoxy groups -OCH3 is 1. The van der Waals surface area contributed by atoms with E-state index < -0.39 is 0 Å². The summed E-state index contributed by atoms with van der Waals surface area (Å²) in [5.41, 5.74) is 0. The monoisotopic (exact) mass is 227 g/mol. The number of ether oxygens (including phenoxy) is 1. The number of carbonyl (C=O) groups excluding carboxylic acids is 1. The highest BCUT2D eigenvalue weighted by Gasteiger charge is 2.39. The molecule has 0 aromatic heterocycles. The average molecular weight is 227 g/mol. The summed E-state index contributed by atoms with van der Waals surface area (Å²) in [6.07, 6.45) is 4.79. The van der Waals surface area contributed by atoms with Crippen molar-refractivity contribution in [2.24, 2.45) is 11.8 Å². The quantitative estimate of drug-likeness (QED) is 0.681. The SMILES string of the molecule is COC(=O)[C@H]1NCCC1C1CCC(O)CC1. The van der Waals surface area contributed by atoms with E-state index in [0.717, 1.165) is 38.6 Å². The van der Waals surface area contributed by atoms with Crippen molar-refractivity contribution in [2.75, 3.05) is 13.7 Å². The van der Waals surface area contributed by atoms with E-state index in [0.29, 0.717) is 11.8 Å². The first-order valence-corrected chi connectivity index (χ1v) is 6.21. The summed E-state index contributed by atoms with van der Waals surface area (Å²) in [7, 11) is 1.45. The minimum atomic E-state index is -0.131. The Morgan fingerprint density at radius 1 is 1.25 bits per heavy atom. The first-order chi connectivity index (χ1) is 7.72. The normalized spacial score (nSPS) is 39.6. The second-order valence-corrected chi connectivity index (χ2v) is 4.98. The molecule has 4 heteroatoms. The Bertz CT molecular complexity index is 249. The van der Waals surface area contributed by atoms with Gasteiger partial charge in [0, 0.05) is 0 Å². The van der Waals surface area contributed by atoms with Crippen LogP contribution >= 0.6 is 0 Å². The number of rotatable bonds is 2. The van der Waals surface area contributed by atoms with E-state index in [-0.39, 0.29) is 18.1 Å². The van der Waals surface area contributed by atoms with Gasteiger partial charge in [-0.1, -0.05) is 0 Å². The van der Waals surface area contributed by atoms with Crippen LogP contribution in [0.15, 0.2) is 0 Å². The van der Waals surface area contributed by atoms with Crippen molar-refractivity contribution in [1.29, 1.82) is 0 Å². The van der Waals surface area contributed by atoms with Crippen LogP contribution in [0.3, 0.4) is 0 Å². The molecule has 1 aliphatic heterocycles. The minimum absolute atomic E-state index is 0.120. The van der Waals surface area contributed by atoms with Crippen LogP contribution in [-0.2, 0) is 9.53 Å². The maximum absolute atomic E-state index is 11.6. The summed E-state index contributed by atoms with van der Waals surface area (Å²) in [6, 6.07) is -0.120. The van der Waals surface area contributed by atoms with Crippen LogP contribution in [0.4, 0.5) is 0 Å². The first kappa shape index (κ1) is 11.9. The number of carbonyl (C=O) groups is 1. The molecule has 2 rings (SSSR count). The van der Waals surface area contributed by atoms with Crippen LogP contribution in [0, 0.1) is 11.8 Å². The second-order valence-electron chi connectivity index (χ2n) is 4.98. The highest BCUT2D eigenvalue weighted by Crippen LogP contribution is 2.36. The fourth-order valence-electron chi connectivity index (χ4n) is 3.15. The number of hydrogen-bond acceptors (Lipinski definition) is 4. The fraction of sp³-hybridized carbons (Fsp3) is 0.917. The first-order valence-electron chi connectivity index (χ1n) is 6.21. The maximum atomic E-state index is 11.6. The Labute approximate surface area is 96.4 Å². The van der Waals surface area contributed by atoms with Crippen molar-refractivity contribution >= 4 is 5.97 Å². The van der Waals surface area contributed by atoms with Crippen LogP contribution in [0.2, 0.25) is 0 Å². The van der Waals surface area contributed by atoms with Gasteiger partial charge in [-0.25, -0.2) is 0 Å². The van der Waals surface area contributed by atoms with E-state index in [1.54, 1.807) is 0 Å². The lowest BCUT2D eigenvalue weighted by molar-refractivity contribution is -0.144. The van der Waals surface area contributed by atoms with Crippen molar-refractivity contribution in [3.05, 3.63) is 0 Å². The molecule has 92 valence electrons. The van der Waals surface area contributed by atoms with E-state index >= 15 is 0 Å². The molecule has 0 spiro atoms. The van der Waals surface area contributed by atoms with Gasteiger partial charge < -0.3 is 15.2 Å². The molecule has 16 heavy (non-hydrogen) atoms. The van der Waals surface area contributed by atoms with E-state index in [4.69, 9.17) is 4.74 Å². The Balaban J connectivity index is 1.94. The van der Waals surface area contributed by atoms with Crippen molar-refractivity contribution in [2.45, 2.75) is 44.2 Å². The third-order valence-electron chi connectivity index (χ3n) is 4.07. The molecular weight excluding hydrogens is 206 g/mol. The number of hydrogen-bond donors (Lipinski definition) is 2. The van der Waals surface area contributed by atoms with E-state index in [9.17, 15) is 9.90 Å². The van der Waals surface area contributed by atoms with E-state index in [1.807, 2.05) is 0 Å². The van der Waals surface area contributed by atoms with Gasteiger partial charge in [0.15, 0.2) is 0 Å². The average Bonchev–Trinajstić information content (AvgIpc) is 2.78. The van der Waals surface area contributed by atoms with Gasteiger partial charge in [0.05, 0.1) is 13.2 Å². The zero-order valence-electron chi connectivity index (χ0n) is 9.82. The lowest BCUT2D eigenvalue weighted by Gasteiger charge is -2.32. The highest BCUT2D eigenvalue weighted by molar-refractivity contribution is 5.76. The molecule has 0 bridgehead atoms. The van der Waals surface area contributed by atoms with Crippen molar-refractivity contribution in [3.8, 4) is 0 Å². The number of esters is 1. The molecule has 1 aliphatic carbocycles. The third-order valence-corrected chi connectivity index (χ3v) is 4.07. The van der Waals surface area contributed by atoms with Gasteiger partial charge in [0.1, 0.15) is 6.04 Å². The molecule has 0 aromatic carbocycles. The summed E-state index contributed by atoms with van der Waals surface area (Å²) < 4.78 is 4.83. The lowest BCUT2D eigenvalue weighted by atomic mass is 9.76. The fourth-order valence-corrected chi connectivity index (χ4v) is 3.15. The standard InChI is InChI=1S/C12H21NO3/c1-16-12(15)11-10(6-7-13-11)8-2-4-9(14)5-3-8/h8-11,13-14H,2-7H2,1H3/t8?,9?,10?,11-/m0/s1. The summed E-state index contributed by atoms with van der Waals surface area (Å²) >= 11 is 0. The van der Waals surface area contributed by atoms with Gasteiger partial charge >= 0.3 is 5.97 Å². The Morgan fingerprint density at radius 2 is 1.94 bits per heavy atom. The highest BCUT2D eigenvalue weighted by atomic mass is 16.5. The van der Waals surface area contributed by atoms with Gasteiger partial charge in [0.2, 0.25) is 0 Å². The Kier molecular flexibility index (Phi) is 3.82. The van der Waals surface area contributed by atoms with Crippen molar-refractivity contribution in [3.63, 3.8) is 0 Å². The molecule has 2 aliphatic rings. The molecule has 0 radical (unpaired) electrons. The van der Waals surface area contributed by atoms with Crippen LogP contribution in [0.1, 0.15) is 32.1 Å². The van der Waals surface area contributed by atoms with Gasteiger partial charge in [0.25, 0.3) is 0 Å². The summed E-state index contributed by atoms with van der Waals surface area (Å²) in [5, 5.41) is 12.7. The number of aliphatic hydroxyl groups is 1. The Hall–Kier alpha value is -0.610. The predicted molar refractivity (Wildman–Crippen MR) is 59.9 cm³/mol. The second kappa shape index (κ2) is 5.15. The predicted octanol–water partition coefficient (Wildman–Crippen LogP) is 0.689. The van der Waals surface area contributed by atoms with Gasteiger partial charge in [-0.15, -0.1) is 0 Å². The largest absolute Gasteiger partial charge is 0.468 e. The minimum Gasteiger partial charge on any atom is -0.468 e. The van der Waals surface area contributed by atoms with Crippen LogP contribution in [0.5, 0.6) is 0 Å². The third kappa shape index (κ3) is 2.38. The molecule has 2 N–H and O–H groups in total. The van der Waals surface area contributed by atoms with Crippen LogP contribution < -0.4 is 5.32 Å². The molecular formula is C12H21NO3. The zero-order valence-corrected chi connectivity index (χ0v) is 9.82. The molecule has 4 nitrogen and oxygen atoms in total. The molecule has 1 saturated carbocycles. The molecule has 1 saturated heterocycles. The lowest BCUT2D eigenvalue weighted by Crippen LogP contribution is -2.40. The smallest absolute Gasteiger partial charge is 0.323 e. The Morgan fingerprint density at radius 3 is 2.56 bits per heavy atom. The number of nitrogens with one attached hydrogen (secondary N) is 1. The summed E-state index contributed by atoms with van der Waals surface area (Å²) in [4.78, 5) is 11.6. The molecule has 0 amide bonds. The van der Waals surface area contributed by atoms with Crippen molar-refractivity contribution < 1.29 is 14.6 Å². The molecule has 2 atom stereocenters. The molecule has 0 aromatic rings. The van der Waals surface area contributed by atoms with Crippen LogP contribution in [0.25, 0.3) is 0 Å². The van der Waals surface area contributed by atoms with Gasteiger partial charge in [-0.2, -0.15) is 0 Å².